The Morgan fingerprint density at radius 1 is 0.963 bits per heavy atom. The highest BCUT2D eigenvalue weighted by molar-refractivity contribution is 6.00. The van der Waals surface area contributed by atoms with Gasteiger partial charge in [0.1, 0.15) is 11.5 Å². The quantitative estimate of drug-likeness (QED) is 0.749. The Balaban J connectivity index is 0.00000364. The second-order valence-electron chi connectivity index (χ2n) is 5.85. The Kier molecular flexibility index (Phi) is 8.75. The molecule has 0 atom stereocenters. The third-order valence-corrected chi connectivity index (χ3v) is 4.20. The number of anilines is 3. The summed E-state index contributed by atoms with van der Waals surface area (Å²) in [5.74, 6) is 1.22. The van der Waals surface area contributed by atoms with Gasteiger partial charge in [0.2, 0.25) is 0 Å². The molecule has 0 bridgehead atoms. The molecule has 7 heteroatoms. The van der Waals surface area contributed by atoms with Gasteiger partial charge in [-0.15, -0.1) is 0 Å². The molecule has 0 aliphatic rings. The van der Waals surface area contributed by atoms with Crippen LogP contribution < -0.4 is 37.4 Å². The van der Waals surface area contributed by atoms with E-state index in [4.69, 9.17) is 9.47 Å². The maximum absolute atomic E-state index is 12.4. The summed E-state index contributed by atoms with van der Waals surface area (Å²) in [5.41, 5.74) is 3.52. The zero-order valence-electron chi connectivity index (χ0n) is 16.4. The van der Waals surface area contributed by atoms with Gasteiger partial charge in [-0.25, -0.2) is 4.79 Å². The molecule has 0 saturated carbocycles. The molecule has 0 unspecified atom stereocenters. The normalized spacial score (nSPS) is 9.81. The molecule has 0 aliphatic carbocycles. The fraction of sp³-hybridized carbons (Fsp3) is 0.350. The van der Waals surface area contributed by atoms with Crippen LogP contribution in [0.2, 0.25) is 0 Å². The van der Waals surface area contributed by atoms with Crippen molar-refractivity contribution in [3.63, 3.8) is 0 Å². The number of ether oxygens (including phenoxy) is 2. The predicted molar refractivity (Wildman–Crippen MR) is 107 cm³/mol. The molecule has 0 fully saturated rings. The van der Waals surface area contributed by atoms with Crippen LogP contribution in [0.25, 0.3) is 0 Å². The maximum atomic E-state index is 12.4. The molecule has 0 heterocycles. The van der Waals surface area contributed by atoms with Crippen molar-refractivity contribution in [2.75, 3.05) is 42.8 Å². The van der Waals surface area contributed by atoms with E-state index in [0.29, 0.717) is 17.2 Å². The number of amides is 2. The molecule has 6 nitrogen and oxygen atoms in total. The highest BCUT2D eigenvalue weighted by Crippen LogP contribution is 2.26. The van der Waals surface area contributed by atoms with Crippen LogP contribution in [-0.4, -0.2) is 33.3 Å². The number of rotatable bonds is 7. The number of halogens is 1. The second kappa shape index (κ2) is 10.5. The van der Waals surface area contributed by atoms with Gasteiger partial charge in [0.05, 0.1) is 14.2 Å². The number of aryl methyl sites for hydroxylation is 1. The van der Waals surface area contributed by atoms with Crippen molar-refractivity contribution < 1.29 is 26.7 Å². The minimum absolute atomic E-state index is 0. The van der Waals surface area contributed by atoms with E-state index in [0.717, 1.165) is 30.0 Å². The fourth-order valence-corrected chi connectivity index (χ4v) is 2.74. The highest BCUT2D eigenvalue weighted by atomic mass is 35.5. The lowest BCUT2D eigenvalue weighted by molar-refractivity contribution is -0.00000907. The summed E-state index contributed by atoms with van der Waals surface area (Å²) in [6.07, 6.45) is 0. The summed E-state index contributed by atoms with van der Waals surface area (Å²) < 4.78 is 10.4. The first-order valence-electron chi connectivity index (χ1n) is 8.67. The number of carbonyl (C=O) groups is 1. The topological polar surface area (TPSA) is 62.8 Å². The fourth-order valence-electron chi connectivity index (χ4n) is 2.74. The summed E-state index contributed by atoms with van der Waals surface area (Å²) in [6.45, 7) is 8.13. The Morgan fingerprint density at radius 2 is 1.56 bits per heavy atom. The average Bonchev–Trinajstić information content (AvgIpc) is 2.64. The van der Waals surface area contributed by atoms with Crippen LogP contribution in [0.1, 0.15) is 19.4 Å². The monoisotopic (exact) mass is 392 g/mol. The zero-order valence-corrected chi connectivity index (χ0v) is 17.2. The number of nitrogens with one attached hydrogen (secondary N) is 2. The Labute approximate surface area is 167 Å². The van der Waals surface area contributed by atoms with Crippen molar-refractivity contribution in [1.82, 2.24) is 0 Å². The molecule has 0 aliphatic heterocycles. The molecular formula is C20H27ClN3O3-. The van der Waals surface area contributed by atoms with Gasteiger partial charge in [0.15, 0.2) is 0 Å². The molecule has 2 aromatic rings. The summed E-state index contributed by atoms with van der Waals surface area (Å²) >= 11 is 0. The van der Waals surface area contributed by atoms with Crippen LogP contribution in [0.4, 0.5) is 21.9 Å². The van der Waals surface area contributed by atoms with E-state index in [1.54, 1.807) is 32.4 Å². The number of carbonyl (C=O) groups excluding carboxylic acids is 1. The number of methoxy groups -OCH3 is 2. The first-order valence-corrected chi connectivity index (χ1v) is 8.67. The zero-order chi connectivity index (χ0) is 19.1. The molecule has 2 N–H and O–H groups in total. The SMILES string of the molecule is CCN(CC)c1ccc(NC(=O)Nc2cc(OC)cc(OC)c2)c(C)c1.[Cl-]. The van der Waals surface area contributed by atoms with Gasteiger partial charge in [0, 0.05) is 48.4 Å². The lowest BCUT2D eigenvalue weighted by Crippen LogP contribution is -3.00. The van der Waals surface area contributed by atoms with E-state index in [2.05, 4.69) is 35.4 Å². The van der Waals surface area contributed by atoms with E-state index in [9.17, 15) is 4.79 Å². The lowest BCUT2D eigenvalue weighted by atomic mass is 10.1. The van der Waals surface area contributed by atoms with E-state index >= 15 is 0 Å². The van der Waals surface area contributed by atoms with E-state index < -0.39 is 0 Å². The van der Waals surface area contributed by atoms with Gasteiger partial charge < -0.3 is 37.4 Å². The molecule has 2 amide bonds. The van der Waals surface area contributed by atoms with Crippen molar-refractivity contribution in [3.8, 4) is 11.5 Å². The van der Waals surface area contributed by atoms with Crippen molar-refractivity contribution in [2.24, 2.45) is 0 Å². The Hall–Kier alpha value is -2.60. The number of hydrogen-bond donors (Lipinski definition) is 2. The van der Waals surface area contributed by atoms with Gasteiger partial charge in [0.25, 0.3) is 0 Å². The molecule has 2 rings (SSSR count). The maximum Gasteiger partial charge on any atom is 0.323 e. The Morgan fingerprint density at radius 3 is 2.04 bits per heavy atom. The predicted octanol–water partition coefficient (Wildman–Crippen LogP) is 1.51. The van der Waals surface area contributed by atoms with Crippen LogP contribution in [0, 0.1) is 6.92 Å². The minimum Gasteiger partial charge on any atom is -1.00 e. The van der Waals surface area contributed by atoms with Crippen molar-refractivity contribution in [3.05, 3.63) is 42.0 Å². The van der Waals surface area contributed by atoms with Gasteiger partial charge in [-0.05, 0) is 44.5 Å². The van der Waals surface area contributed by atoms with Crippen molar-refractivity contribution >= 4 is 23.1 Å². The Bertz CT molecular complexity index is 742. The third kappa shape index (κ3) is 5.96. The largest absolute Gasteiger partial charge is 1.00 e. The van der Waals surface area contributed by atoms with Gasteiger partial charge in [-0.2, -0.15) is 0 Å². The van der Waals surface area contributed by atoms with Crippen LogP contribution in [0.15, 0.2) is 36.4 Å². The molecule has 27 heavy (non-hydrogen) atoms. The number of hydrogen-bond acceptors (Lipinski definition) is 4. The van der Waals surface area contributed by atoms with E-state index in [1.807, 2.05) is 19.1 Å². The first-order chi connectivity index (χ1) is 12.5. The van der Waals surface area contributed by atoms with Crippen molar-refractivity contribution in [2.45, 2.75) is 20.8 Å². The van der Waals surface area contributed by atoms with Crippen LogP contribution in [0.3, 0.4) is 0 Å². The third-order valence-electron chi connectivity index (χ3n) is 4.20. The lowest BCUT2D eigenvalue weighted by Gasteiger charge is -2.22. The first kappa shape index (κ1) is 22.4. The number of nitrogens with zero attached hydrogens (tertiary/aromatic N) is 1. The molecule has 0 aromatic heterocycles. The van der Waals surface area contributed by atoms with E-state index in [-0.39, 0.29) is 18.4 Å². The van der Waals surface area contributed by atoms with Gasteiger partial charge in [-0.1, -0.05) is 0 Å². The number of urea groups is 1. The van der Waals surface area contributed by atoms with Gasteiger partial charge >= 0.3 is 6.03 Å². The summed E-state index contributed by atoms with van der Waals surface area (Å²) in [5, 5.41) is 5.69. The molecule has 0 radical (unpaired) electrons. The standard InChI is InChI=1S/C20H27N3O3.ClH/c1-6-23(7-2)16-8-9-19(14(3)10-16)22-20(24)21-15-11-17(25-4)13-18(12-15)26-5;/h8-13H,6-7H2,1-5H3,(H2,21,22,24);1H/p-1. The molecular weight excluding hydrogens is 366 g/mol. The molecule has 0 spiro atoms. The van der Waals surface area contributed by atoms with Crippen molar-refractivity contribution in [1.29, 1.82) is 0 Å². The van der Waals surface area contributed by atoms with Crippen LogP contribution >= 0.6 is 0 Å². The molecule has 148 valence electrons. The smallest absolute Gasteiger partial charge is 0.323 e. The van der Waals surface area contributed by atoms with E-state index in [1.165, 1.54) is 0 Å². The highest BCUT2D eigenvalue weighted by Gasteiger charge is 2.09. The average molecular weight is 393 g/mol. The second-order valence-corrected chi connectivity index (χ2v) is 5.85. The summed E-state index contributed by atoms with van der Waals surface area (Å²) in [4.78, 5) is 14.6. The van der Waals surface area contributed by atoms with Crippen LogP contribution in [0.5, 0.6) is 11.5 Å². The molecule has 0 saturated heterocycles. The summed E-state index contributed by atoms with van der Waals surface area (Å²) in [7, 11) is 3.14. The van der Waals surface area contributed by atoms with Gasteiger partial charge in [-0.3, -0.25) is 0 Å². The van der Waals surface area contributed by atoms with Crippen LogP contribution in [-0.2, 0) is 0 Å². The summed E-state index contributed by atoms with van der Waals surface area (Å²) in [6, 6.07) is 10.9. The molecule has 2 aromatic carbocycles. The minimum atomic E-state index is -0.320. The number of benzene rings is 2.